The summed E-state index contributed by atoms with van der Waals surface area (Å²) < 4.78 is 8.46. The van der Waals surface area contributed by atoms with Crippen LogP contribution in [0.3, 0.4) is 0 Å². The SMILES string of the molecule is C=CCC(=C)C(=O)OC(=O)OC(=O)C(=C)CC=C. The lowest BCUT2D eigenvalue weighted by Crippen LogP contribution is -2.19. The van der Waals surface area contributed by atoms with Gasteiger partial charge in [0.1, 0.15) is 0 Å². The Hall–Kier alpha value is -2.43. The quantitative estimate of drug-likeness (QED) is 0.313. The molecule has 0 unspecified atom stereocenters. The van der Waals surface area contributed by atoms with E-state index in [1.807, 2.05) is 0 Å². The van der Waals surface area contributed by atoms with E-state index in [2.05, 4.69) is 35.8 Å². The molecule has 18 heavy (non-hydrogen) atoms. The molecule has 5 nitrogen and oxygen atoms in total. The zero-order valence-corrected chi connectivity index (χ0v) is 9.94. The van der Waals surface area contributed by atoms with E-state index in [-0.39, 0.29) is 24.0 Å². The molecule has 0 rings (SSSR count). The van der Waals surface area contributed by atoms with Crippen LogP contribution >= 0.6 is 0 Å². The van der Waals surface area contributed by atoms with E-state index in [4.69, 9.17) is 0 Å². The predicted molar refractivity (Wildman–Crippen MR) is 65.5 cm³/mol. The second-order valence-electron chi connectivity index (χ2n) is 3.22. The molecule has 0 aromatic rings. The smallest absolute Gasteiger partial charge is 0.356 e. The lowest BCUT2D eigenvalue weighted by atomic mass is 10.2. The van der Waals surface area contributed by atoms with Gasteiger partial charge in [0.2, 0.25) is 0 Å². The third-order valence-corrected chi connectivity index (χ3v) is 1.71. The summed E-state index contributed by atoms with van der Waals surface area (Å²) in [6.07, 6.45) is 1.77. The van der Waals surface area contributed by atoms with Crippen LogP contribution in [0.25, 0.3) is 0 Å². The van der Waals surface area contributed by atoms with Crippen molar-refractivity contribution in [2.45, 2.75) is 12.8 Å². The second kappa shape index (κ2) is 7.78. The van der Waals surface area contributed by atoms with Gasteiger partial charge in [-0.3, -0.25) is 0 Å². The van der Waals surface area contributed by atoms with Crippen molar-refractivity contribution < 1.29 is 23.9 Å². The third-order valence-electron chi connectivity index (χ3n) is 1.71. The van der Waals surface area contributed by atoms with Crippen LogP contribution in [-0.2, 0) is 19.1 Å². The van der Waals surface area contributed by atoms with Gasteiger partial charge in [0.15, 0.2) is 0 Å². The molecule has 0 amide bonds. The van der Waals surface area contributed by atoms with Crippen LogP contribution in [0.15, 0.2) is 49.6 Å². The van der Waals surface area contributed by atoms with Crippen LogP contribution in [0.5, 0.6) is 0 Å². The van der Waals surface area contributed by atoms with Gasteiger partial charge in [-0.2, -0.15) is 0 Å². The van der Waals surface area contributed by atoms with Crippen LogP contribution < -0.4 is 0 Å². The fourth-order valence-electron chi connectivity index (χ4n) is 0.832. The molecule has 0 atom stereocenters. The number of ether oxygens (including phenoxy) is 2. The van der Waals surface area contributed by atoms with Crippen molar-refractivity contribution in [3.05, 3.63) is 49.6 Å². The molecule has 5 heteroatoms. The first-order valence-electron chi connectivity index (χ1n) is 4.98. The van der Waals surface area contributed by atoms with Crippen molar-refractivity contribution in [3.63, 3.8) is 0 Å². The number of hydrogen-bond acceptors (Lipinski definition) is 5. The van der Waals surface area contributed by atoms with Gasteiger partial charge >= 0.3 is 18.1 Å². The van der Waals surface area contributed by atoms with Crippen molar-refractivity contribution in [3.8, 4) is 0 Å². The second-order valence-corrected chi connectivity index (χ2v) is 3.22. The highest BCUT2D eigenvalue weighted by atomic mass is 16.8. The predicted octanol–water partition coefficient (Wildman–Crippen LogP) is 2.46. The molecule has 0 aromatic heterocycles. The average Bonchev–Trinajstić information content (AvgIpc) is 2.29. The van der Waals surface area contributed by atoms with E-state index in [9.17, 15) is 14.4 Å². The maximum atomic E-state index is 11.2. The molecule has 0 bridgehead atoms. The topological polar surface area (TPSA) is 69.7 Å². The van der Waals surface area contributed by atoms with Crippen LogP contribution in [0.1, 0.15) is 12.8 Å². The van der Waals surface area contributed by atoms with Crippen LogP contribution in [-0.4, -0.2) is 18.1 Å². The first-order chi connectivity index (χ1) is 8.42. The highest BCUT2D eigenvalue weighted by Crippen LogP contribution is 2.05. The average molecular weight is 250 g/mol. The van der Waals surface area contributed by atoms with Crippen molar-refractivity contribution in [2.75, 3.05) is 0 Å². The van der Waals surface area contributed by atoms with Crippen LogP contribution in [0, 0.1) is 0 Å². The molecule has 0 radical (unpaired) electrons. The largest absolute Gasteiger partial charge is 0.524 e. The van der Waals surface area contributed by atoms with Crippen molar-refractivity contribution in [1.82, 2.24) is 0 Å². The molecular weight excluding hydrogens is 236 g/mol. The number of hydrogen-bond donors (Lipinski definition) is 0. The zero-order chi connectivity index (χ0) is 14.1. The highest BCUT2D eigenvalue weighted by Gasteiger charge is 2.19. The van der Waals surface area contributed by atoms with Crippen LogP contribution in [0.4, 0.5) is 4.79 Å². The summed E-state index contributed by atoms with van der Waals surface area (Å²) >= 11 is 0. The summed E-state index contributed by atoms with van der Waals surface area (Å²) in [6.45, 7) is 13.5. The summed E-state index contributed by atoms with van der Waals surface area (Å²) in [5.74, 6) is -1.94. The highest BCUT2D eigenvalue weighted by molar-refractivity contribution is 5.99. The van der Waals surface area contributed by atoms with E-state index in [1.54, 1.807) is 0 Å². The van der Waals surface area contributed by atoms with Gasteiger partial charge in [-0.25, -0.2) is 14.4 Å². The molecular formula is C13H14O5. The van der Waals surface area contributed by atoms with Crippen molar-refractivity contribution >= 4 is 18.1 Å². The molecule has 0 aromatic carbocycles. The molecule has 0 aliphatic heterocycles. The van der Waals surface area contributed by atoms with E-state index in [0.29, 0.717) is 0 Å². The Kier molecular flexibility index (Phi) is 6.73. The first kappa shape index (κ1) is 15.6. The minimum Gasteiger partial charge on any atom is -0.356 e. The Morgan fingerprint density at radius 2 is 1.17 bits per heavy atom. The fraction of sp³-hybridized carbons (Fsp3) is 0.154. The van der Waals surface area contributed by atoms with Gasteiger partial charge < -0.3 is 9.47 Å². The normalized spacial score (nSPS) is 8.89. The zero-order valence-electron chi connectivity index (χ0n) is 9.94. The molecule has 96 valence electrons. The lowest BCUT2D eigenvalue weighted by Gasteiger charge is -2.04. The van der Waals surface area contributed by atoms with E-state index < -0.39 is 18.1 Å². The minimum atomic E-state index is -1.42. The minimum absolute atomic E-state index is 0.0271. The maximum Gasteiger partial charge on any atom is 0.524 e. The summed E-state index contributed by atoms with van der Waals surface area (Å²) in [4.78, 5) is 33.5. The molecule has 0 saturated carbocycles. The number of carbonyl (C=O) groups is 3. The van der Waals surface area contributed by atoms with Gasteiger partial charge in [-0.1, -0.05) is 25.3 Å². The Balaban J connectivity index is 4.27. The standard InChI is InChI=1S/C13H14O5/c1-5-7-9(3)11(14)17-13(16)18-12(15)10(4)8-6-2/h5-6H,1-4,7-8H2. The molecule has 0 fully saturated rings. The van der Waals surface area contributed by atoms with Gasteiger partial charge in [0.25, 0.3) is 0 Å². The number of carbonyl (C=O) groups excluding carboxylic acids is 3. The summed E-state index contributed by atoms with van der Waals surface area (Å²) in [5, 5.41) is 0. The first-order valence-corrected chi connectivity index (χ1v) is 4.98. The summed E-state index contributed by atoms with van der Waals surface area (Å²) in [6, 6.07) is 0. The van der Waals surface area contributed by atoms with Gasteiger partial charge in [-0.15, -0.1) is 13.2 Å². The molecule has 0 aliphatic rings. The lowest BCUT2D eigenvalue weighted by molar-refractivity contribution is -0.141. The van der Waals surface area contributed by atoms with Crippen LogP contribution in [0.2, 0.25) is 0 Å². The maximum absolute atomic E-state index is 11.2. The van der Waals surface area contributed by atoms with E-state index in [0.717, 1.165) is 0 Å². The third kappa shape index (κ3) is 5.60. The summed E-state index contributed by atoms with van der Waals surface area (Å²) in [7, 11) is 0. The molecule has 0 saturated heterocycles. The van der Waals surface area contributed by atoms with Gasteiger partial charge in [0.05, 0.1) is 0 Å². The molecule has 0 aliphatic carbocycles. The Bertz CT molecular complexity index is 379. The Morgan fingerprint density at radius 3 is 1.44 bits per heavy atom. The van der Waals surface area contributed by atoms with E-state index >= 15 is 0 Å². The molecule has 0 spiro atoms. The van der Waals surface area contributed by atoms with E-state index in [1.165, 1.54) is 12.2 Å². The fourth-order valence-corrected chi connectivity index (χ4v) is 0.832. The van der Waals surface area contributed by atoms with Crippen molar-refractivity contribution in [2.24, 2.45) is 0 Å². The van der Waals surface area contributed by atoms with Gasteiger partial charge in [0, 0.05) is 11.1 Å². The summed E-state index contributed by atoms with van der Waals surface area (Å²) in [5.41, 5.74) is 0.0543. The number of rotatable bonds is 6. The monoisotopic (exact) mass is 250 g/mol. The number of allylic oxidation sites excluding steroid dienone is 2. The van der Waals surface area contributed by atoms with Crippen molar-refractivity contribution in [1.29, 1.82) is 0 Å². The number of esters is 2. The Morgan fingerprint density at radius 1 is 0.833 bits per heavy atom. The Labute approximate surface area is 105 Å². The molecule has 0 N–H and O–H groups in total. The van der Waals surface area contributed by atoms with Gasteiger partial charge in [-0.05, 0) is 12.8 Å². The molecule has 0 heterocycles.